The fourth-order valence-corrected chi connectivity index (χ4v) is 2.37. The van der Waals surface area contributed by atoms with E-state index in [0.29, 0.717) is 16.9 Å². The third kappa shape index (κ3) is 3.68. The van der Waals surface area contributed by atoms with Crippen LogP contribution in [0.2, 0.25) is 0 Å². The lowest BCUT2D eigenvalue weighted by atomic mass is 9.95. The van der Waals surface area contributed by atoms with Crippen LogP contribution in [0.3, 0.4) is 0 Å². The Bertz CT molecular complexity index is 482. The van der Waals surface area contributed by atoms with Crippen LogP contribution in [0.15, 0.2) is 22.7 Å². The third-order valence-electron chi connectivity index (χ3n) is 3.48. The van der Waals surface area contributed by atoms with Gasteiger partial charge in [-0.3, -0.25) is 4.79 Å². The lowest BCUT2D eigenvalue weighted by Gasteiger charge is -2.29. The van der Waals surface area contributed by atoms with E-state index in [1.54, 1.807) is 6.07 Å². The average Bonchev–Trinajstić information content (AvgIpc) is 3.12. The molecule has 0 spiro atoms. The lowest BCUT2D eigenvalue weighted by molar-refractivity contribution is 0.0893. The fraction of sp³-hybridized carbons (Fsp3) is 0.462. The second kappa shape index (κ2) is 6.20. The van der Waals surface area contributed by atoms with Gasteiger partial charge < -0.3 is 11.1 Å². The van der Waals surface area contributed by atoms with Crippen molar-refractivity contribution in [3.8, 4) is 0 Å². The molecule has 1 aliphatic rings. The molecular formula is C13H17BrClFN2O. The number of benzene rings is 1. The first kappa shape index (κ1) is 16.4. The fourth-order valence-electron chi connectivity index (χ4n) is 2.04. The minimum absolute atomic E-state index is 0. The van der Waals surface area contributed by atoms with E-state index in [-0.39, 0.29) is 18.0 Å². The topological polar surface area (TPSA) is 55.1 Å². The molecule has 1 unspecified atom stereocenters. The van der Waals surface area contributed by atoms with Crippen LogP contribution in [0.4, 0.5) is 4.39 Å². The number of rotatable bonds is 4. The van der Waals surface area contributed by atoms with E-state index in [1.807, 2.05) is 6.92 Å². The van der Waals surface area contributed by atoms with Crippen LogP contribution in [0, 0.1) is 11.7 Å². The molecule has 0 heterocycles. The third-order valence-corrected chi connectivity index (χ3v) is 3.97. The molecule has 6 heteroatoms. The molecule has 3 nitrogen and oxygen atoms in total. The largest absolute Gasteiger partial charge is 0.345 e. The van der Waals surface area contributed by atoms with Gasteiger partial charge in [0.1, 0.15) is 5.82 Å². The van der Waals surface area contributed by atoms with Gasteiger partial charge in [0, 0.05) is 11.0 Å². The molecular weight excluding hydrogens is 335 g/mol. The molecule has 1 saturated carbocycles. The van der Waals surface area contributed by atoms with Crippen LogP contribution in [-0.4, -0.2) is 18.0 Å². The summed E-state index contributed by atoms with van der Waals surface area (Å²) in [6.45, 7) is 2.28. The van der Waals surface area contributed by atoms with Crippen molar-refractivity contribution in [1.82, 2.24) is 5.32 Å². The van der Waals surface area contributed by atoms with Crippen LogP contribution in [0.25, 0.3) is 0 Å². The van der Waals surface area contributed by atoms with Crippen molar-refractivity contribution in [2.24, 2.45) is 11.7 Å². The maximum Gasteiger partial charge on any atom is 0.254 e. The maximum absolute atomic E-state index is 13.7. The predicted octanol–water partition coefficient (Wildman–Crippen LogP) is 2.87. The highest BCUT2D eigenvalue weighted by molar-refractivity contribution is 9.10. The molecule has 3 N–H and O–H groups in total. The van der Waals surface area contributed by atoms with Crippen LogP contribution >= 0.6 is 28.3 Å². The van der Waals surface area contributed by atoms with E-state index >= 15 is 0 Å². The maximum atomic E-state index is 13.7. The van der Waals surface area contributed by atoms with Gasteiger partial charge in [-0.05, 0) is 43.9 Å². The molecule has 1 aromatic rings. The van der Waals surface area contributed by atoms with Crippen LogP contribution in [0.5, 0.6) is 0 Å². The first-order valence-corrected chi connectivity index (χ1v) is 6.73. The summed E-state index contributed by atoms with van der Waals surface area (Å²) in [7, 11) is 0. The molecule has 0 saturated heterocycles. The van der Waals surface area contributed by atoms with Crippen LogP contribution < -0.4 is 11.1 Å². The van der Waals surface area contributed by atoms with E-state index in [1.165, 1.54) is 12.1 Å². The molecule has 1 aromatic carbocycles. The Kier molecular flexibility index (Phi) is 5.35. The van der Waals surface area contributed by atoms with Crippen molar-refractivity contribution in [3.05, 3.63) is 34.1 Å². The monoisotopic (exact) mass is 350 g/mol. The summed E-state index contributed by atoms with van der Waals surface area (Å²) in [6, 6.07) is 4.40. The number of carbonyl (C=O) groups is 1. The second-order valence-electron chi connectivity index (χ2n) is 4.97. The average molecular weight is 352 g/mol. The predicted molar refractivity (Wildman–Crippen MR) is 79.0 cm³/mol. The van der Waals surface area contributed by atoms with Crippen molar-refractivity contribution >= 4 is 34.2 Å². The quantitative estimate of drug-likeness (QED) is 0.876. The smallest absolute Gasteiger partial charge is 0.254 e. The van der Waals surface area contributed by atoms with Crippen molar-refractivity contribution in [2.75, 3.05) is 6.54 Å². The number of nitrogens with one attached hydrogen (secondary N) is 1. The molecule has 1 aliphatic carbocycles. The Morgan fingerprint density at radius 1 is 1.58 bits per heavy atom. The Hall–Kier alpha value is -0.650. The molecule has 0 aliphatic heterocycles. The van der Waals surface area contributed by atoms with Gasteiger partial charge in [0.05, 0.1) is 11.1 Å². The summed E-state index contributed by atoms with van der Waals surface area (Å²) >= 11 is 3.16. The molecule has 0 bridgehead atoms. The molecule has 0 radical (unpaired) electrons. The number of hydrogen-bond donors (Lipinski definition) is 2. The molecule has 0 aromatic heterocycles. The van der Waals surface area contributed by atoms with Gasteiger partial charge in [-0.15, -0.1) is 12.4 Å². The highest BCUT2D eigenvalue weighted by atomic mass is 79.9. The van der Waals surface area contributed by atoms with Crippen LogP contribution in [0.1, 0.15) is 30.1 Å². The van der Waals surface area contributed by atoms with Gasteiger partial charge in [0.2, 0.25) is 0 Å². The summed E-state index contributed by atoms with van der Waals surface area (Å²) in [6.07, 6.45) is 2.13. The zero-order valence-electron chi connectivity index (χ0n) is 10.6. The van der Waals surface area contributed by atoms with E-state index in [9.17, 15) is 9.18 Å². The molecule has 1 atom stereocenters. The van der Waals surface area contributed by atoms with Crippen molar-refractivity contribution in [1.29, 1.82) is 0 Å². The Balaban J connectivity index is 0.00000180. The zero-order chi connectivity index (χ0) is 13.3. The number of hydrogen-bond acceptors (Lipinski definition) is 2. The summed E-state index contributed by atoms with van der Waals surface area (Å²) < 4.78 is 14.3. The molecule has 19 heavy (non-hydrogen) atoms. The second-order valence-corrected chi connectivity index (χ2v) is 5.89. The Morgan fingerprint density at radius 3 is 2.68 bits per heavy atom. The van der Waals surface area contributed by atoms with Crippen molar-refractivity contribution < 1.29 is 9.18 Å². The SMILES string of the molecule is CC(CN)(NC(=O)c1ccc(Br)cc1F)C1CC1.Cl. The molecule has 106 valence electrons. The van der Waals surface area contributed by atoms with E-state index in [2.05, 4.69) is 21.2 Å². The van der Waals surface area contributed by atoms with Crippen molar-refractivity contribution in [3.63, 3.8) is 0 Å². The first-order valence-electron chi connectivity index (χ1n) is 5.94. The van der Waals surface area contributed by atoms with Gasteiger partial charge in [0.25, 0.3) is 5.91 Å². The minimum atomic E-state index is -0.531. The van der Waals surface area contributed by atoms with Gasteiger partial charge >= 0.3 is 0 Å². The van der Waals surface area contributed by atoms with Crippen molar-refractivity contribution in [2.45, 2.75) is 25.3 Å². The van der Waals surface area contributed by atoms with E-state index in [0.717, 1.165) is 12.8 Å². The van der Waals surface area contributed by atoms with Gasteiger partial charge in [-0.1, -0.05) is 15.9 Å². The standard InChI is InChI=1S/C13H16BrFN2O.ClH/c1-13(7-16,8-2-3-8)17-12(18)10-5-4-9(14)6-11(10)15;/h4-6,8H,2-3,7,16H2,1H3,(H,17,18);1H. The first-order chi connectivity index (χ1) is 8.46. The van der Waals surface area contributed by atoms with Gasteiger partial charge in [-0.25, -0.2) is 4.39 Å². The highest BCUT2D eigenvalue weighted by Crippen LogP contribution is 2.39. The normalized spacial score (nSPS) is 17.3. The number of nitrogens with two attached hydrogens (primary N) is 1. The molecule has 1 amide bonds. The van der Waals surface area contributed by atoms with Crippen LogP contribution in [-0.2, 0) is 0 Å². The number of halogens is 3. The molecule has 2 rings (SSSR count). The number of carbonyl (C=O) groups excluding carboxylic acids is 1. The Morgan fingerprint density at radius 2 is 2.21 bits per heavy atom. The minimum Gasteiger partial charge on any atom is -0.345 e. The highest BCUT2D eigenvalue weighted by Gasteiger charge is 2.41. The zero-order valence-corrected chi connectivity index (χ0v) is 13.0. The lowest BCUT2D eigenvalue weighted by Crippen LogP contribution is -2.53. The summed E-state index contributed by atoms with van der Waals surface area (Å²) in [5.41, 5.74) is 5.34. The number of amides is 1. The summed E-state index contributed by atoms with van der Waals surface area (Å²) in [4.78, 5) is 12.1. The van der Waals surface area contributed by atoms with E-state index < -0.39 is 17.3 Å². The van der Waals surface area contributed by atoms with Gasteiger partial charge in [-0.2, -0.15) is 0 Å². The summed E-state index contributed by atoms with van der Waals surface area (Å²) in [5, 5.41) is 2.86. The summed E-state index contributed by atoms with van der Waals surface area (Å²) in [5.74, 6) is -0.526. The Labute approximate surface area is 126 Å². The van der Waals surface area contributed by atoms with Gasteiger partial charge in [0.15, 0.2) is 0 Å². The van der Waals surface area contributed by atoms with E-state index in [4.69, 9.17) is 5.73 Å². The molecule has 1 fully saturated rings.